The third-order valence-corrected chi connectivity index (χ3v) is 1.33. The average molecular weight is 141 g/mol. The maximum Gasteiger partial charge on any atom is 0.248 e. The van der Waals surface area contributed by atoms with E-state index in [9.17, 15) is 9.18 Å². The molecule has 2 nitrogen and oxygen atoms in total. The van der Waals surface area contributed by atoms with Crippen molar-refractivity contribution in [1.29, 1.82) is 0 Å². The highest BCUT2D eigenvalue weighted by Gasteiger charge is 2.00. The van der Waals surface area contributed by atoms with Gasteiger partial charge in [-0.2, -0.15) is 0 Å². The predicted octanol–water partition coefficient (Wildman–Crippen LogP) is 1.13. The quantitative estimate of drug-likeness (QED) is 0.577. The van der Waals surface area contributed by atoms with E-state index in [0.29, 0.717) is 11.3 Å². The zero-order valence-corrected chi connectivity index (χ0v) is 5.86. The first-order valence-corrected chi connectivity index (χ1v) is 2.97. The number of aryl methyl sites for hydroxylation is 2. The number of halogens is 1. The van der Waals surface area contributed by atoms with E-state index >= 15 is 0 Å². The summed E-state index contributed by atoms with van der Waals surface area (Å²) in [5.41, 5.74) is 0.433. The van der Waals surface area contributed by atoms with Crippen LogP contribution in [0.25, 0.3) is 0 Å². The molecule has 0 spiro atoms. The van der Waals surface area contributed by atoms with E-state index in [0.717, 1.165) is 0 Å². The van der Waals surface area contributed by atoms with E-state index in [1.807, 2.05) is 0 Å². The zero-order valence-electron chi connectivity index (χ0n) is 5.86. The van der Waals surface area contributed by atoms with Crippen molar-refractivity contribution in [2.45, 2.75) is 13.8 Å². The summed E-state index contributed by atoms with van der Waals surface area (Å²) in [6.45, 7) is 3.10. The van der Waals surface area contributed by atoms with Crippen LogP contribution in [0, 0.1) is 19.7 Å². The molecule has 0 atom stereocenters. The van der Waals surface area contributed by atoms with E-state index in [1.54, 1.807) is 6.92 Å². The molecule has 0 amide bonds. The van der Waals surface area contributed by atoms with E-state index in [2.05, 4.69) is 4.98 Å². The number of H-pyrrole nitrogens is 1. The van der Waals surface area contributed by atoms with Gasteiger partial charge < -0.3 is 4.98 Å². The molecular weight excluding hydrogens is 133 g/mol. The minimum Gasteiger partial charge on any atom is -0.324 e. The van der Waals surface area contributed by atoms with Crippen LogP contribution in [0.4, 0.5) is 4.39 Å². The van der Waals surface area contributed by atoms with Crippen molar-refractivity contribution in [3.8, 4) is 0 Å². The number of hydrogen-bond acceptors (Lipinski definition) is 1. The van der Waals surface area contributed by atoms with Crippen molar-refractivity contribution >= 4 is 0 Å². The summed E-state index contributed by atoms with van der Waals surface area (Å²) in [5.74, 6) is -0.334. The van der Waals surface area contributed by atoms with Crippen molar-refractivity contribution in [2.24, 2.45) is 0 Å². The number of aromatic nitrogens is 1. The Morgan fingerprint density at radius 3 is 2.60 bits per heavy atom. The van der Waals surface area contributed by atoms with E-state index in [4.69, 9.17) is 0 Å². The molecule has 54 valence electrons. The molecule has 0 aliphatic carbocycles. The Labute approximate surface area is 57.7 Å². The maximum absolute atomic E-state index is 12.7. The minimum absolute atomic E-state index is 0.253. The molecule has 0 fully saturated rings. The van der Waals surface area contributed by atoms with Gasteiger partial charge in [0.1, 0.15) is 5.82 Å². The van der Waals surface area contributed by atoms with Gasteiger partial charge in [-0.1, -0.05) is 0 Å². The van der Waals surface area contributed by atoms with Gasteiger partial charge in [0.25, 0.3) is 0 Å². The van der Waals surface area contributed by atoms with Crippen LogP contribution < -0.4 is 5.56 Å². The van der Waals surface area contributed by atoms with Gasteiger partial charge in [-0.3, -0.25) is 4.79 Å². The Bertz CT molecular complexity index is 277. The third kappa shape index (κ3) is 1.07. The standard InChI is InChI=1S/C7H8FNO/c1-4-3-6(10)9-5(2)7(4)8/h3H,1-2H3,(H,9,10). The SMILES string of the molecule is Cc1cc(=O)[nH]c(C)c1F. The first-order chi connectivity index (χ1) is 4.61. The normalized spacial score (nSPS) is 9.90. The topological polar surface area (TPSA) is 32.9 Å². The molecule has 0 bridgehead atoms. The van der Waals surface area contributed by atoms with Crippen LogP contribution in [-0.2, 0) is 0 Å². The second-order valence-corrected chi connectivity index (χ2v) is 2.26. The highest BCUT2D eigenvalue weighted by molar-refractivity contribution is 5.16. The van der Waals surface area contributed by atoms with Gasteiger partial charge in [-0.15, -0.1) is 0 Å². The Kier molecular flexibility index (Phi) is 1.57. The Hall–Kier alpha value is -1.12. The lowest BCUT2D eigenvalue weighted by Crippen LogP contribution is -2.08. The molecule has 1 aromatic heterocycles. The van der Waals surface area contributed by atoms with Gasteiger partial charge in [0.15, 0.2) is 0 Å². The van der Waals surface area contributed by atoms with Crippen LogP contribution >= 0.6 is 0 Å². The fourth-order valence-corrected chi connectivity index (χ4v) is 0.832. The van der Waals surface area contributed by atoms with Crippen molar-refractivity contribution in [2.75, 3.05) is 0 Å². The monoisotopic (exact) mass is 141 g/mol. The molecule has 3 heteroatoms. The first kappa shape index (κ1) is 6.99. The largest absolute Gasteiger partial charge is 0.324 e. The number of hydrogen-bond donors (Lipinski definition) is 1. The third-order valence-electron chi connectivity index (χ3n) is 1.33. The average Bonchev–Trinajstić information content (AvgIpc) is 1.82. The number of nitrogens with one attached hydrogen (secondary N) is 1. The van der Waals surface area contributed by atoms with Gasteiger partial charge in [-0.25, -0.2) is 4.39 Å². The van der Waals surface area contributed by atoms with Gasteiger partial charge in [0.2, 0.25) is 5.56 Å². The molecule has 1 N–H and O–H groups in total. The summed E-state index contributed by atoms with van der Waals surface area (Å²) in [4.78, 5) is 13.0. The molecule has 10 heavy (non-hydrogen) atoms. The summed E-state index contributed by atoms with van der Waals surface area (Å²) < 4.78 is 12.7. The van der Waals surface area contributed by atoms with Crippen molar-refractivity contribution in [1.82, 2.24) is 4.98 Å². The number of rotatable bonds is 0. The molecule has 1 heterocycles. The van der Waals surface area contributed by atoms with E-state index in [-0.39, 0.29) is 11.4 Å². The molecule has 1 rings (SSSR count). The molecule has 0 saturated heterocycles. The summed E-state index contributed by atoms with van der Waals surface area (Å²) in [6.07, 6.45) is 0. The summed E-state index contributed by atoms with van der Waals surface area (Å²) in [6, 6.07) is 1.24. The van der Waals surface area contributed by atoms with Crippen molar-refractivity contribution in [3.63, 3.8) is 0 Å². The summed E-state index contributed by atoms with van der Waals surface area (Å²) in [5, 5.41) is 0. The van der Waals surface area contributed by atoms with Crippen LogP contribution in [0.5, 0.6) is 0 Å². The molecule has 0 radical (unpaired) electrons. The van der Waals surface area contributed by atoms with Crippen LogP contribution in [0.1, 0.15) is 11.3 Å². The highest BCUT2D eigenvalue weighted by atomic mass is 19.1. The lowest BCUT2D eigenvalue weighted by Gasteiger charge is -1.96. The minimum atomic E-state index is -0.334. The maximum atomic E-state index is 12.7. The molecule has 0 saturated carbocycles. The van der Waals surface area contributed by atoms with E-state index < -0.39 is 0 Å². The smallest absolute Gasteiger partial charge is 0.248 e. The van der Waals surface area contributed by atoms with Crippen LogP contribution in [-0.4, -0.2) is 4.98 Å². The summed E-state index contributed by atoms with van der Waals surface area (Å²) in [7, 11) is 0. The highest BCUT2D eigenvalue weighted by Crippen LogP contribution is 2.03. The second kappa shape index (κ2) is 2.25. The molecule has 0 unspecified atom stereocenters. The Morgan fingerprint density at radius 1 is 1.50 bits per heavy atom. The van der Waals surface area contributed by atoms with Crippen molar-refractivity contribution in [3.05, 3.63) is 33.5 Å². The fourth-order valence-electron chi connectivity index (χ4n) is 0.832. The van der Waals surface area contributed by atoms with Gasteiger partial charge >= 0.3 is 0 Å². The van der Waals surface area contributed by atoms with Crippen LogP contribution in [0.15, 0.2) is 10.9 Å². The zero-order chi connectivity index (χ0) is 7.72. The Balaban J connectivity index is 3.46. The molecule has 0 aliphatic rings. The fraction of sp³-hybridized carbons (Fsp3) is 0.286. The van der Waals surface area contributed by atoms with Gasteiger partial charge in [0, 0.05) is 6.07 Å². The van der Waals surface area contributed by atoms with Gasteiger partial charge in [-0.05, 0) is 19.4 Å². The second-order valence-electron chi connectivity index (χ2n) is 2.26. The lowest BCUT2D eigenvalue weighted by molar-refractivity contribution is 0.598. The van der Waals surface area contributed by atoms with Crippen LogP contribution in [0.3, 0.4) is 0 Å². The predicted molar refractivity (Wildman–Crippen MR) is 36.5 cm³/mol. The van der Waals surface area contributed by atoms with Gasteiger partial charge in [0.05, 0.1) is 5.69 Å². The summed E-state index contributed by atoms with van der Waals surface area (Å²) >= 11 is 0. The molecule has 0 aliphatic heterocycles. The number of aromatic amines is 1. The lowest BCUT2D eigenvalue weighted by atomic mass is 10.2. The van der Waals surface area contributed by atoms with Crippen molar-refractivity contribution < 1.29 is 4.39 Å². The van der Waals surface area contributed by atoms with E-state index in [1.165, 1.54) is 13.0 Å². The first-order valence-electron chi connectivity index (χ1n) is 2.97. The Morgan fingerprint density at radius 2 is 2.10 bits per heavy atom. The molecular formula is C7H8FNO. The number of pyridine rings is 1. The van der Waals surface area contributed by atoms with Crippen LogP contribution in [0.2, 0.25) is 0 Å². The molecule has 1 aromatic rings. The molecule has 0 aromatic carbocycles.